The van der Waals surface area contributed by atoms with Gasteiger partial charge in [0.2, 0.25) is 5.95 Å². The Labute approximate surface area is 169 Å². The fourth-order valence-corrected chi connectivity index (χ4v) is 3.71. The molecular weight excluding hydrogens is 366 g/mol. The van der Waals surface area contributed by atoms with Crippen molar-refractivity contribution in [2.45, 2.75) is 26.8 Å². The molecule has 1 atom stereocenters. The standard InChI is InChI=1S/C22H23N5O2/c1-13-9-10-17(14(2)11-13)26-21(28)19-15(3)25-22-23-12-24-27(22)20(19)16-7-5-6-8-18(16)29-4/h5-12,20H,1-4H3,(H,26,28)(H,23,24,25)/t20-/m0/s1. The number of nitrogens with zero attached hydrogens (tertiary/aromatic N) is 3. The molecule has 0 saturated carbocycles. The lowest BCUT2D eigenvalue weighted by Gasteiger charge is -2.29. The third-order valence-electron chi connectivity index (χ3n) is 5.10. The van der Waals surface area contributed by atoms with Crippen molar-refractivity contribution in [3.8, 4) is 5.75 Å². The molecule has 0 radical (unpaired) electrons. The van der Waals surface area contributed by atoms with Gasteiger partial charge in [-0.15, -0.1) is 0 Å². The molecule has 3 aromatic rings. The molecule has 0 fully saturated rings. The van der Waals surface area contributed by atoms with Crippen molar-refractivity contribution in [1.82, 2.24) is 14.8 Å². The molecule has 4 rings (SSSR count). The minimum Gasteiger partial charge on any atom is -0.496 e. The number of rotatable bonds is 4. The summed E-state index contributed by atoms with van der Waals surface area (Å²) in [7, 11) is 1.62. The summed E-state index contributed by atoms with van der Waals surface area (Å²) in [6, 6.07) is 13.1. The second-order valence-electron chi connectivity index (χ2n) is 7.11. The third kappa shape index (κ3) is 3.35. The van der Waals surface area contributed by atoms with Crippen molar-refractivity contribution in [3.63, 3.8) is 0 Å². The van der Waals surface area contributed by atoms with Gasteiger partial charge in [-0.25, -0.2) is 4.68 Å². The molecule has 0 unspecified atom stereocenters. The average molecular weight is 389 g/mol. The summed E-state index contributed by atoms with van der Waals surface area (Å²) in [6.45, 7) is 5.88. The number of hydrogen-bond acceptors (Lipinski definition) is 5. The largest absolute Gasteiger partial charge is 0.496 e. The SMILES string of the molecule is COc1ccccc1[C@H]1C(C(=O)Nc2ccc(C)cc2C)=C(C)Nc2ncnn21. The summed E-state index contributed by atoms with van der Waals surface area (Å²) in [5, 5.41) is 10.6. The lowest BCUT2D eigenvalue weighted by atomic mass is 9.94. The molecule has 1 aromatic heterocycles. The van der Waals surface area contributed by atoms with E-state index in [4.69, 9.17) is 4.74 Å². The van der Waals surface area contributed by atoms with Gasteiger partial charge in [0, 0.05) is 16.9 Å². The Morgan fingerprint density at radius 2 is 1.97 bits per heavy atom. The number of carbonyl (C=O) groups is 1. The summed E-state index contributed by atoms with van der Waals surface area (Å²) < 4.78 is 7.28. The van der Waals surface area contributed by atoms with Gasteiger partial charge in [0.25, 0.3) is 5.91 Å². The maximum absolute atomic E-state index is 13.4. The van der Waals surface area contributed by atoms with Gasteiger partial charge < -0.3 is 15.4 Å². The van der Waals surface area contributed by atoms with E-state index in [9.17, 15) is 4.79 Å². The van der Waals surface area contributed by atoms with Crippen molar-refractivity contribution in [2.24, 2.45) is 0 Å². The highest BCUT2D eigenvalue weighted by atomic mass is 16.5. The monoisotopic (exact) mass is 389 g/mol. The van der Waals surface area contributed by atoms with Crippen molar-refractivity contribution in [3.05, 3.63) is 76.8 Å². The van der Waals surface area contributed by atoms with Gasteiger partial charge >= 0.3 is 0 Å². The number of benzene rings is 2. The van der Waals surface area contributed by atoms with Crippen molar-refractivity contribution >= 4 is 17.5 Å². The molecule has 0 aliphatic carbocycles. The number of methoxy groups -OCH3 is 1. The molecule has 1 aliphatic heterocycles. The zero-order valence-corrected chi connectivity index (χ0v) is 16.9. The lowest BCUT2D eigenvalue weighted by molar-refractivity contribution is -0.113. The Morgan fingerprint density at radius 3 is 2.72 bits per heavy atom. The fraction of sp³-hybridized carbons (Fsp3) is 0.227. The first-order chi connectivity index (χ1) is 14.0. The number of para-hydroxylation sites is 1. The van der Waals surface area contributed by atoms with Crippen molar-refractivity contribution in [1.29, 1.82) is 0 Å². The molecule has 148 valence electrons. The topological polar surface area (TPSA) is 81.1 Å². The number of aromatic nitrogens is 3. The molecule has 2 heterocycles. The van der Waals surface area contributed by atoms with Gasteiger partial charge in [0.15, 0.2) is 0 Å². The molecule has 29 heavy (non-hydrogen) atoms. The van der Waals surface area contributed by atoms with E-state index < -0.39 is 6.04 Å². The smallest absolute Gasteiger partial charge is 0.255 e. The van der Waals surface area contributed by atoms with E-state index in [0.29, 0.717) is 17.3 Å². The first-order valence-electron chi connectivity index (χ1n) is 9.38. The Kier molecular flexibility index (Phi) is 4.80. The molecule has 2 aromatic carbocycles. The van der Waals surface area contributed by atoms with Crippen molar-refractivity contribution < 1.29 is 9.53 Å². The van der Waals surface area contributed by atoms with E-state index >= 15 is 0 Å². The number of nitrogens with one attached hydrogen (secondary N) is 2. The summed E-state index contributed by atoms with van der Waals surface area (Å²) in [4.78, 5) is 17.7. The molecular formula is C22H23N5O2. The normalized spacial score (nSPS) is 15.5. The predicted molar refractivity (Wildman–Crippen MR) is 112 cm³/mol. The Bertz CT molecular complexity index is 1120. The van der Waals surface area contributed by atoms with Crippen LogP contribution in [0.25, 0.3) is 0 Å². The number of hydrogen-bond donors (Lipinski definition) is 2. The predicted octanol–water partition coefficient (Wildman–Crippen LogP) is 3.83. The number of anilines is 2. The quantitative estimate of drug-likeness (QED) is 0.709. The van der Waals surface area contributed by atoms with Crippen LogP contribution in [0, 0.1) is 13.8 Å². The van der Waals surface area contributed by atoms with E-state index in [2.05, 4.69) is 20.7 Å². The van der Waals surface area contributed by atoms with Gasteiger partial charge in [0.1, 0.15) is 18.1 Å². The number of ether oxygens (including phenoxy) is 1. The highest BCUT2D eigenvalue weighted by Crippen LogP contribution is 2.39. The maximum atomic E-state index is 13.4. The van der Waals surface area contributed by atoms with Gasteiger partial charge in [-0.05, 0) is 38.5 Å². The van der Waals surface area contributed by atoms with Gasteiger partial charge in [-0.1, -0.05) is 35.9 Å². The van der Waals surface area contributed by atoms with E-state index in [1.54, 1.807) is 11.8 Å². The van der Waals surface area contributed by atoms with Crippen LogP contribution in [-0.2, 0) is 4.79 Å². The number of amides is 1. The van der Waals surface area contributed by atoms with Crippen LogP contribution in [0.3, 0.4) is 0 Å². The van der Waals surface area contributed by atoms with Gasteiger partial charge in [-0.3, -0.25) is 4.79 Å². The van der Waals surface area contributed by atoms with Crippen LogP contribution in [0.2, 0.25) is 0 Å². The molecule has 0 bridgehead atoms. The van der Waals surface area contributed by atoms with Gasteiger partial charge in [-0.2, -0.15) is 10.1 Å². The first kappa shape index (κ1) is 18.7. The Morgan fingerprint density at radius 1 is 1.17 bits per heavy atom. The third-order valence-corrected chi connectivity index (χ3v) is 5.10. The molecule has 7 heteroatoms. The molecule has 0 saturated heterocycles. The number of carbonyl (C=O) groups excluding carboxylic acids is 1. The van der Waals surface area contributed by atoms with E-state index in [0.717, 1.165) is 28.1 Å². The van der Waals surface area contributed by atoms with Crippen LogP contribution in [0.4, 0.5) is 11.6 Å². The fourth-order valence-electron chi connectivity index (χ4n) is 3.71. The maximum Gasteiger partial charge on any atom is 0.255 e. The summed E-state index contributed by atoms with van der Waals surface area (Å²) >= 11 is 0. The van der Waals surface area contributed by atoms with Crippen molar-refractivity contribution in [2.75, 3.05) is 17.7 Å². The van der Waals surface area contributed by atoms with E-state index in [-0.39, 0.29) is 5.91 Å². The highest BCUT2D eigenvalue weighted by molar-refractivity contribution is 6.06. The Hall–Kier alpha value is -3.61. The van der Waals surface area contributed by atoms with Crippen LogP contribution < -0.4 is 15.4 Å². The minimum atomic E-state index is -0.462. The Balaban J connectivity index is 1.80. The second-order valence-corrected chi connectivity index (χ2v) is 7.11. The molecule has 1 amide bonds. The van der Waals surface area contributed by atoms with Crippen LogP contribution in [0.15, 0.2) is 60.1 Å². The van der Waals surface area contributed by atoms with Crippen LogP contribution in [-0.4, -0.2) is 27.8 Å². The summed E-state index contributed by atoms with van der Waals surface area (Å²) in [5.41, 5.74) is 5.07. The zero-order valence-electron chi connectivity index (χ0n) is 16.9. The number of aryl methyl sites for hydroxylation is 2. The number of allylic oxidation sites excluding steroid dienone is 1. The molecule has 0 spiro atoms. The average Bonchev–Trinajstić information content (AvgIpc) is 3.17. The van der Waals surface area contributed by atoms with Gasteiger partial charge in [0.05, 0.1) is 12.7 Å². The molecule has 7 nitrogen and oxygen atoms in total. The highest BCUT2D eigenvalue weighted by Gasteiger charge is 2.35. The summed E-state index contributed by atoms with van der Waals surface area (Å²) in [5.74, 6) is 1.07. The lowest BCUT2D eigenvalue weighted by Crippen LogP contribution is -2.31. The number of fused-ring (bicyclic) bond motifs is 1. The summed E-state index contributed by atoms with van der Waals surface area (Å²) in [6.07, 6.45) is 1.48. The first-order valence-corrected chi connectivity index (χ1v) is 9.38. The second kappa shape index (κ2) is 7.43. The minimum absolute atomic E-state index is 0.195. The van der Waals surface area contributed by atoms with Crippen LogP contribution in [0.5, 0.6) is 5.75 Å². The van der Waals surface area contributed by atoms with Crippen LogP contribution in [0.1, 0.15) is 29.7 Å². The van der Waals surface area contributed by atoms with E-state index in [1.165, 1.54) is 6.33 Å². The zero-order chi connectivity index (χ0) is 20.5. The molecule has 1 aliphatic rings. The molecule has 2 N–H and O–H groups in total. The van der Waals surface area contributed by atoms with Crippen LogP contribution >= 0.6 is 0 Å². The van der Waals surface area contributed by atoms with E-state index in [1.807, 2.05) is 63.2 Å².